The van der Waals surface area contributed by atoms with E-state index in [1.807, 2.05) is 52.9 Å². The molecule has 2 N–H and O–H groups in total. The Morgan fingerprint density at radius 2 is 1.45 bits per heavy atom. The fourth-order valence-electron chi connectivity index (χ4n) is 5.22. The van der Waals surface area contributed by atoms with E-state index in [4.69, 9.17) is 8.83 Å². The standard InChI is InChI=1S/C26H13NO4/c28-14-6-5-12-11-20-17(10-13(12)9-14)21-16-7-8-18(29)23-22-15-3-1-2-4-19(15)30-26(22)27(24(16)23)25(21)31-20/h1-11,28-29H. The van der Waals surface area contributed by atoms with E-state index in [0.29, 0.717) is 11.4 Å². The lowest BCUT2D eigenvalue weighted by Gasteiger charge is -2.00. The Hall–Kier alpha value is -4.38. The fourth-order valence-corrected chi connectivity index (χ4v) is 5.22. The summed E-state index contributed by atoms with van der Waals surface area (Å²) in [6.45, 7) is 0. The minimum atomic E-state index is 0.221. The van der Waals surface area contributed by atoms with Crippen LogP contribution in [0.1, 0.15) is 0 Å². The van der Waals surface area contributed by atoms with Crippen LogP contribution in [0, 0.1) is 0 Å². The summed E-state index contributed by atoms with van der Waals surface area (Å²) >= 11 is 0. The van der Waals surface area contributed by atoms with Gasteiger partial charge >= 0.3 is 0 Å². The highest BCUT2D eigenvalue weighted by atomic mass is 16.4. The summed E-state index contributed by atoms with van der Waals surface area (Å²) in [7, 11) is 0. The van der Waals surface area contributed by atoms with Crippen LogP contribution in [-0.4, -0.2) is 14.6 Å². The number of phenols is 2. The van der Waals surface area contributed by atoms with Crippen molar-refractivity contribution in [2.75, 3.05) is 0 Å². The Morgan fingerprint density at radius 3 is 2.39 bits per heavy atom. The number of furan rings is 2. The van der Waals surface area contributed by atoms with E-state index in [1.165, 1.54) is 0 Å². The number of nitrogens with zero attached hydrogens (tertiary/aromatic N) is 1. The third kappa shape index (κ3) is 1.67. The number of rotatable bonds is 0. The lowest BCUT2D eigenvalue weighted by molar-refractivity contribution is 0.476. The molecule has 146 valence electrons. The molecule has 4 heterocycles. The Kier molecular flexibility index (Phi) is 2.42. The molecule has 0 spiro atoms. The molecule has 8 aromatic rings. The topological polar surface area (TPSA) is 71.2 Å². The Morgan fingerprint density at radius 1 is 0.613 bits per heavy atom. The predicted molar refractivity (Wildman–Crippen MR) is 121 cm³/mol. The van der Waals surface area contributed by atoms with Gasteiger partial charge in [-0.15, -0.1) is 0 Å². The first kappa shape index (κ1) is 15.5. The van der Waals surface area contributed by atoms with Crippen molar-refractivity contribution in [3.63, 3.8) is 0 Å². The molecule has 0 saturated carbocycles. The number of hydrogen-bond donors (Lipinski definition) is 2. The van der Waals surface area contributed by atoms with Crippen molar-refractivity contribution in [3.05, 3.63) is 66.7 Å². The van der Waals surface area contributed by atoms with E-state index in [9.17, 15) is 10.2 Å². The van der Waals surface area contributed by atoms with Crippen molar-refractivity contribution in [3.8, 4) is 11.5 Å². The predicted octanol–water partition coefficient (Wildman–Crippen LogP) is 6.89. The molecule has 0 radical (unpaired) electrons. The van der Waals surface area contributed by atoms with Gasteiger partial charge in [-0.1, -0.05) is 24.3 Å². The van der Waals surface area contributed by atoms with E-state index in [1.54, 1.807) is 18.2 Å². The van der Waals surface area contributed by atoms with Crippen LogP contribution in [0.2, 0.25) is 0 Å². The smallest absolute Gasteiger partial charge is 0.216 e. The molecule has 31 heavy (non-hydrogen) atoms. The van der Waals surface area contributed by atoms with E-state index in [-0.39, 0.29) is 11.5 Å². The summed E-state index contributed by atoms with van der Waals surface area (Å²) in [6, 6.07) is 20.9. The molecule has 0 aliphatic rings. The molecule has 0 amide bonds. The molecule has 5 nitrogen and oxygen atoms in total. The van der Waals surface area contributed by atoms with E-state index in [0.717, 1.165) is 59.8 Å². The summed E-state index contributed by atoms with van der Waals surface area (Å²) in [5.74, 6) is 0.452. The Balaban J connectivity index is 1.69. The molecule has 0 aliphatic carbocycles. The number of fused-ring (bicyclic) bond motifs is 11. The Labute approximate surface area is 173 Å². The second kappa shape index (κ2) is 4.84. The Bertz CT molecular complexity index is 2020. The molecule has 5 heteroatoms. The van der Waals surface area contributed by atoms with Crippen molar-refractivity contribution >= 4 is 71.2 Å². The van der Waals surface area contributed by atoms with Crippen molar-refractivity contribution in [1.82, 2.24) is 4.40 Å². The molecule has 4 aromatic carbocycles. The lowest BCUT2D eigenvalue weighted by atomic mass is 10.0. The highest BCUT2D eigenvalue weighted by molar-refractivity contribution is 6.32. The van der Waals surface area contributed by atoms with Crippen LogP contribution >= 0.6 is 0 Å². The lowest BCUT2D eigenvalue weighted by Crippen LogP contribution is -1.77. The van der Waals surface area contributed by atoms with Crippen molar-refractivity contribution in [2.24, 2.45) is 0 Å². The first-order valence-corrected chi connectivity index (χ1v) is 10.1. The normalized spacial score (nSPS) is 12.8. The van der Waals surface area contributed by atoms with Gasteiger partial charge in [-0.25, -0.2) is 4.40 Å². The molecular weight excluding hydrogens is 390 g/mol. The summed E-state index contributed by atoms with van der Waals surface area (Å²) in [4.78, 5) is 0. The number of phenolic OH excluding ortho intramolecular Hbond substituents is 2. The molecule has 8 rings (SSSR count). The summed E-state index contributed by atoms with van der Waals surface area (Å²) < 4.78 is 14.6. The van der Waals surface area contributed by atoms with Gasteiger partial charge in [0.1, 0.15) is 22.7 Å². The third-order valence-corrected chi connectivity index (χ3v) is 6.49. The van der Waals surface area contributed by atoms with Crippen LogP contribution in [-0.2, 0) is 0 Å². The number of aromatic hydroxyl groups is 2. The van der Waals surface area contributed by atoms with Gasteiger partial charge in [0.05, 0.1) is 21.7 Å². The van der Waals surface area contributed by atoms with Crippen molar-refractivity contribution in [2.45, 2.75) is 0 Å². The minimum absolute atomic E-state index is 0.221. The van der Waals surface area contributed by atoms with Gasteiger partial charge in [-0.2, -0.15) is 0 Å². The zero-order valence-corrected chi connectivity index (χ0v) is 16.0. The summed E-state index contributed by atoms with van der Waals surface area (Å²) in [5, 5.41) is 28.2. The SMILES string of the molecule is Oc1ccc2cc3oc4c(c3cc2c1)c1ccc(O)c2c3c5ccccc5oc3n4c12. The van der Waals surface area contributed by atoms with Crippen molar-refractivity contribution in [1.29, 1.82) is 0 Å². The number of para-hydroxylation sites is 1. The van der Waals surface area contributed by atoms with Crippen LogP contribution in [0.25, 0.3) is 71.2 Å². The van der Waals surface area contributed by atoms with Gasteiger partial charge in [0.25, 0.3) is 0 Å². The quantitative estimate of drug-likeness (QED) is 0.289. The molecule has 0 atom stereocenters. The average Bonchev–Trinajstić information content (AvgIpc) is 3.47. The van der Waals surface area contributed by atoms with Crippen LogP contribution < -0.4 is 0 Å². The maximum absolute atomic E-state index is 10.8. The maximum Gasteiger partial charge on any atom is 0.216 e. The molecule has 4 aromatic heterocycles. The molecule has 0 aliphatic heterocycles. The summed E-state index contributed by atoms with van der Waals surface area (Å²) in [6.07, 6.45) is 0. The zero-order chi connectivity index (χ0) is 20.4. The molecule has 0 saturated heterocycles. The van der Waals surface area contributed by atoms with E-state index in [2.05, 4.69) is 0 Å². The van der Waals surface area contributed by atoms with Crippen LogP contribution in [0.3, 0.4) is 0 Å². The van der Waals surface area contributed by atoms with Crippen LogP contribution in [0.15, 0.2) is 75.6 Å². The monoisotopic (exact) mass is 403 g/mol. The molecule has 0 unspecified atom stereocenters. The van der Waals surface area contributed by atoms with Gasteiger partial charge in [0, 0.05) is 16.2 Å². The van der Waals surface area contributed by atoms with Crippen molar-refractivity contribution < 1.29 is 19.0 Å². The van der Waals surface area contributed by atoms with Gasteiger partial charge in [-0.05, 0) is 53.2 Å². The first-order valence-electron chi connectivity index (χ1n) is 10.1. The fraction of sp³-hybridized carbons (Fsp3) is 0. The summed E-state index contributed by atoms with van der Waals surface area (Å²) in [5.41, 5.74) is 3.79. The zero-order valence-electron chi connectivity index (χ0n) is 16.0. The highest BCUT2D eigenvalue weighted by Gasteiger charge is 2.27. The van der Waals surface area contributed by atoms with Crippen LogP contribution in [0.4, 0.5) is 0 Å². The average molecular weight is 403 g/mol. The van der Waals surface area contributed by atoms with Gasteiger partial charge < -0.3 is 19.0 Å². The van der Waals surface area contributed by atoms with Crippen LogP contribution in [0.5, 0.6) is 11.5 Å². The third-order valence-electron chi connectivity index (χ3n) is 6.49. The second-order valence-electron chi connectivity index (χ2n) is 8.13. The number of benzene rings is 4. The van der Waals surface area contributed by atoms with Gasteiger partial charge in [-0.3, -0.25) is 0 Å². The van der Waals surface area contributed by atoms with E-state index < -0.39 is 0 Å². The number of aromatic nitrogens is 1. The molecule has 0 fully saturated rings. The second-order valence-corrected chi connectivity index (χ2v) is 8.13. The highest BCUT2D eigenvalue weighted by Crippen LogP contribution is 2.48. The largest absolute Gasteiger partial charge is 0.508 e. The van der Waals surface area contributed by atoms with Gasteiger partial charge in [0.15, 0.2) is 0 Å². The first-order chi connectivity index (χ1) is 15.2. The number of hydrogen-bond acceptors (Lipinski definition) is 4. The van der Waals surface area contributed by atoms with Gasteiger partial charge in [0.2, 0.25) is 11.4 Å². The maximum atomic E-state index is 10.8. The van der Waals surface area contributed by atoms with E-state index >= 15 is 0 Å². The minimum Gasteiger partial charge on any atom is -0.508 e. The molecule has 0 bridgehead atoms. The molecular formula is C26H13NO4.